The molecule has 1 aliphatic carbocycles. The second-order valence-corrected chi connectivity index (χ2v) is 11.6. The summed E-state index contributed by atoms with van der Waals surface area (Å²) in [4.78, 5) is 30.5. The molecule has 2 fully saturated rings. The normalized spacial score (nSPS) is 17.4. The van der Waals surface area contributed by atoms with Crippen molar-refractivity contribution in [3.05, 3.63) is 42.1 Å². The largest absolute Gasteiger partial charge is 0.326 e. The van der Waals surface area contributed by atoms with Gasteiger partial charge in [0.25, 0.3) is 0 Å². The minimum atomic E-state index is -3.52. The fraction of sp³-hybridized carbons (Fsp3) is 0.360. The Kier molecular flexibility index (Phi) is 5.81. The standard InChI is InChI=1S/C25H27N7O3S/c1-5-17-14-21(32-24(33)31(4)16-25(32)12-6-7-13-25)28-22-20(17)15-26-23(29-22)27-18-8-10-19(11-9-18)36(34,35)30(2)3/h1,8-11,14-15H,6-7,12-13,16H2,2-4H3,(H,26,27,28,29). The first-order valence-electron chi connectivity index (χ1n) is 11.6. The molecule has 5 rings (SSSR count). The maximum atomic E-state index is 13.1. The molecule has 186 valence electrons. The Bertz CT molecular complexity index is 1490. The van der Waals surface area contributed by atoms with Crippen LogP contribution >= 0.6 is 0 Å². The second kappa shape index (κ2) is 8.72. The van der Waals surface area contributed by atoms with E-state index >= 15 is 0 Å². The molecule has 3 heterocycles. The monoisotopic (exact) mass is 505 g/mol. The van der Waals surface area contributed by atoms with Crippen LogP contribution in [0.4, 0.5) is 22.2 Å². The Morgan fingerprint density at radius 2 is 1.83 bits per heavy atom. The van der Waals surface area contributed by atoms with Crippen molar-refractivity contribution >= 4 is 44.5 Å². The molecular formula is C25H27N7O3S. The van der Waals surface area contributed by atoms with Gasteiger partial charge in [0.05, 0.1) is 15.8 Å². The van der Waals surface area contributed by atoms with Crippen LogP contribution in [0, 0.1) is 12.3 Å². The number of hydrogen-bond donors (Lipinski definition) is 1. The summed E-state index contributed by atoms with van der Waals surface area (Å²) in [5.74, 6) is 3.46. The number of anilines is 3. The summed E-state index contributed by atoms with van der Waals surface area (Å²) >= 11 is 0. The molecular weight excluding hydrogens is 478 g/mol. The first-order chi connectivity index (χ1) is 17.1. The Morgan fingerprint density at radius 3 is 2.47 bits per heavy atom. The Morgan fingerprint density at radius 1 is 1.14 bits per heavy atom. The van der Waals surface area contributed by atoms with Crippen molar-refractivity contribution in [3.8, 4) is 12.3 Å². The van der Waals surface area contributed by atoms with Crippen LogP contribution in [0.3, 0.4) is 0 Å². The second-order valence-electron chi connectivity index (χ2n) is 9.45. The van der Waals surface area contributed by atoms with E-state index in [1.165, 1.54) is 26.2 Å². The number of nitrogens with one attached hydrogen (secondary N) is 1. The van der Waals surface area contributed by atoms with Crippen molar-refractivity contribution in [2.45, 2.75) is 36.1 Å². The van der Waals surface area contributed by atoms with Gasteiger partial charge in [0.2, 0.25) is 16.0 Å². The summed E-state index contributed by atoms with van der Waals surface area (Å²) < 4.78 is 25.8. The summed E-state index contributed by atoms with van der Waals surface area (Å²) in [6, 6.07) is 7.99. The summed E-state index contributed by atoms with van der Waals surface area (Å²) in [5.41, 5.74) is 1.28. The van der Waals surface area contributed by atoms with Crippen LogP contribution < -0.4 is 10.2 Å². The van der Waals surface area contributed by atoms with E-state index < -0.39 is 10.0 Å². The minimum absolute atomic E-state index is 0.0908. The zero-order valence-electron chi connectivity index (χ0n) is 20.4. The highest BCUT2D eigenvalue weighted by atomic mass is 32.2. The summed E-state index contributed by atoms with van der Waals surface area (Å²) in [5, 5.41) is 3.69. The van der Waals surface area contributed by atoms with E-state index in [1.54, 1.807) is 34.2 Å². The smallest absolute Gasteiger partial charge is 0.325 e. The number of aromatic nitrogens is 3. The molecule has 1 aromatic carbocycles. The van der Waals surface area contributed by atoms with Gasteiger partial charge in [-0.15, -0.1) is 6.42 Å². The fourth-order valence-electron chi connectivity index (χ4n) is 5.05. The number of nitrogens with zero attached hydrogens (tertiary/aromatic N) is 6. The van der Waals surface area contributed by atoms with E-state index in [-0.39, 0.29) is 22.4 Å². The van der Waals surface area contributed by atoms with E-state index in [9.17, 15) is 13.2 Å². The zero-order chi connectivity index (χ0) is 25.7. The van der Waals surface area contributed by atoms with Gasteiger partial charge >= 0.3 is 6.03 Å². The lowest BCUT2D eigenvalue weighted by Gasteiger charge is -2.32. The van der Waals surface area contributed by atoms with Gasteiger partial charge in [0.1, 0.15) is 5.82 Å². The number of urea groups is 1. The third kappa shape index (κ3) is 3.92. The number of likely N-dealkylation sites (N-methyl/N-ethyl adjacent to an activating group) is 1. The molecule has 3 aromatic rings. The zero-order valence-corrected chi connectivity index (χ0v) is 21.2. The van der Waals surface area contributed by atoms with Crippen LogP contribution in [0.25, 0.3) is 11.0 Å². The third-order valence-corrected chi connectivity index (χ3v) is 8.71. The minimum Gasteiger partial charge on any atom is -0.325 e. The van der Waals surface area contributed by atoms with Crippen LogP contribution in [0.5, 0.6) is 0 Å². The fourth-order valence-corrected chi connectivity index (χ4v) is 5.95. The van der Waals surface area contributed by atoms with Gasteiger partial charge in [-0.25, -0.2) is 27.5 Å². The average molecular weight is 506 g/mol. The number of fused-ring (bicyclic) bond motifs is 1. The quantitative estimate of drug-likeness (QED) is 0.530. The summed E-state index contributed by atoms with van der Waals surface area (Å²) in [6.07, 6.45) is 11.4. The molecule has 2 aliphatic rings. The van der Waals surface area contributed by atoms with Crippen LogP contribution in [0.15, 0.2) is 41.4 Å². The van der Waals surface area contributed by atoms with Crippen molar-refractivity contribution in [2.24, 2.45) is 0 Å². The number of pyridine rings is 1. The summed E-state index contributed by atoms with van der Waals surface area (Å²) in [6.45, 7) is 0.660. The Labute approximate surface area is 210 Å². The lowest BCUT2D eigenvalue weighted by molar-refractivity contribution is 0.229. The van der Waals surface area contributed by atoms with Crippen molar-refractivity contribution in [1.82, 2.24) is 24.2 Å². The van der Waals surface area contributed by atoms with Gasteiger partial charge in [0.15, 0.2) is 5.65 Å². The molecule has 0 unspecified atom stereocenters. The molecule has 36 heavy (non-hydrogen) atoms. The molecule has 0 atom stereocenters. The van der Waals surface area contributed by atoms with Gasteiger partial charge in [-0.2, -0.15) is 4.98 Å². The van der Waals surface area contributed by atoms with Crippen LogP contribution in [-0.4, -0.2) is 71.8 Å². The van der Waals surface area contributed by atoms with E-state index in [2.05, 4.69) is 21.2 Å². The molecule has 1 aliphatic heterocycles. The molecule has 2 amide bonds. The first-order valence-corrected chi connectivity index (χ1v) is 13.1. The van der Waals surface area contributed by atoms with Crippen molar-refractivity contribution < 1.29 is 13.2 Å². The molecule has 11 heteroatoms. The SMILES string of the molecule is C#Cc1cc(N2C(=O)N(C)CC23CCCC3)nc2nc(Nc3ccc(S(=O)(=O)N(C)C)cc3)ncc12. The number of terminal acetylenes is 1. The lowest BCUT2D eigenvalue weighted by Crippen LogP contribution is -2.45. The Balaban J connectivity index is 1.50. The molecule has 2 aromatic heterocycles. The van der Waals surface area contributed by atoms with Crippen LogP contribution in [-0.2, 0) is 10.0 Å². The summed E-state index contributed by atoms with van der Waals surface area (Å²) in [7, 11) is 1.26. The molecule has 10 nitrogen and oxygen atoms in total. The molecule has 1 saturated carbocycles. The number of amides is 2. The topological polar surface area (TPSA) is 112 Å². The van der Waals surface area contributed by atoms with Gasteiger partial charge < -0.3 is 10.2 Å². The molecule has 0 bridgehead atoms. The highest BCUT2D eigenvalue weighted by molar-refractivity contribution is 7.89. The predicted molar refractivity (Wildman–Crippen MR) is 138 cm³/mol. The van der Waals surface area contributed by atoms with Gasteiger partial charge in [-0.3, -0.25) is 4.90 Å². The molecule has 1 spiro atoms. The number of hydrogen-bond acceptors (Lipinski definition) is 7. The van der Waals surface area contributed by atoms with E-state index in [1.807, 2.05) is 7.05 Å². The molecule has 0 radical (unpaired) electrons. The number of carbonyl (C=O) groups is 1. The van der Waals surface area contributed by atoms with Gasteiger partial charge in [-0.1, -0.05) is 18.8 Å². The number of rotatable bonds is 5. The number of carbonyl (C=O) groups excluding carboxylic acids is 1. The van der Waals surface area contributed by atoms with Gasteiger partial charge in [0, 0.05) is 45.1 Å². The highest BCUT2D eigenvalue weighted by Crippen LogP contribution is 2.43. The van der Waals surface area contributed by atoms with Crippen molar-refractivity contribution in [2.75, 3.05) is 37.9 Å². The maximum Gasteiger partial charge on any atom is 0.326 e. The highest BCUT2D eigenvalue weighted by Gasteiger charge is 2.51. The first kappa shape index (κ1) is 24.0. The number of benzene rings is 1. The molecule has 1 saturated heterocycles. The van der Waals surface area contributed by atoms with E-state index in [0.29, 0.717) is 34.6 Å². The van der Waals surface area contributed by atoms with E-state index in [4.69, 9.17) is 11.4 Å². The third-order valence-electron chi connectivity index (χ3n) is 6.88. The van der Waals surface area contributed by atoms with Crippen LogP contribution in [0.2, 0.25) is 0 Å². The van der Waals surface area contributed by atoms with Crippen LogP contribution in [0.1, 0.15) is 31.2 Å². The van der Waals surface area contributed by atoms with E-state index in [0.717, 1.165) is 30.0 Å². The Hall–Kier alpha value is -3.75. The lowest BCUT2D eigenvalue weighted by atomic mass is 9.96. The van der Waals surface area contributed by atoms with Crippen molar-refractivity contribution in [3.63, 3.8) is 0 Å². The average Bonchev–Trinajstić information content (AvgIpc) is 3.41. The van der Waals surface area contributed by atoms with Crippen molar-refractivity contribution in [1.29, 1.82) is 0 Å². The molecule has 1 N–H and O–H groups in total. The maximum absolute atomic E-state index is 13.1. The number of sulfonamides is 1. The van der Waals surface area contributed by atoms with Gasteiger partial charge in [-0.05, 0) is 43.2 Å². The predicted octanol–water partition coefficient (Wildman–Crippen LogP) is 3.18.